The molecule has 26 heavy (non-hydrogen) atoms. The van der Waals surface area contributed by atoms with Gasteiger partial charge in [0.15, 0.2) is 0 Å². The molecule has 134 valence electrons. The molecule has 0 unspecified atom stereocenters. The van der Waals surface area contributed by atoms with Gasteiger partial charge in [0.1, 0.15) is 5.70 Å². The predicted octanol–water partition coefficient (Wildman–Crippen LogP) is 3.16. The molecule has 6 heteroatoms. The van der Waals surface area contributed by atoms with Gasteiger partial charge in [0.2, 0.25) is 5.96 Å². The number of carbonyl (C=O) groups is 1. The van der Waals surface area contributed by atoms with Crippen LogP contribution in [0.4, 0.5) is 0 Å². The number of carbonyl (C=O) groups excluding carboxylic acids is 1. The van der Waals surface area contributed by atoms with Gasteiger partial charge in [-0.05, 0) is 36.6 Å². The molecule has 1 aliphatic heterocycles. The number of benzene rings is 1. The highest BCUT2D eigenvalue weighted by Gasteiger charge is 2.22. The van der Waals surface area contributed by atoms with Crippen molar-refractivity contribution in [1.29, 1.82) is 0 Å². The number of nitrogens with one attached hydrogen (secondary N) is 2. The standard InChI is InChI=1S/C20H23N5O/c26-19-18(13-14-8-9-16-17(12-14)22-11-10-21-16)24-20(25-19)23-15-6-4-2-1-3-5-7-15/h8-13,15H,1-7H2,(H2,23,24,25,26)/b18-13-. The third-order valence-electron chi connectivity index (χ3n) is 4.94. The van der Waals surface area contributed by atoms with Crippen LogP contribution in [0.3, 0.4) is 0 Å². The van der Waals surface area contributed by atoms with Gasteiger partial charge in [0.25, 0.3) is 5.91 Å². The zero-order valence-corrected chi connectivity index (χ0v) is 14.7. The van der Waals surface area contributed by atoms with E-state index in [1.807, 2.05) is 18.2 Å². The van der Waals surface area contributed by atoms with Gasteiger partial charge >= 0.3 is 0 Å². The molecule has 1 fully saturated rings. The van der Waals surface area contributed by atoms with Crippen molar-refractivity contribution in [2.45, 2.75) is 51.0 Å². The molecular formula is C20H23N5O. The van der Waals surface area contributed by atoms with Gasteiger partial charge in [-0.2, -0.15) is 0 Å². The fourth-order valence-electron chi connectivity index (χ4n) is 3.56. The smallest absolute Gasteiger partial charge is 0.276 e. The van der Waals surface area contributed by atoms with Crippen LogP contribution in [0.5, 0.6) is 0 Å². The average molecular weight is 349 g/mol. The molecule has 6 nitrogen and oxygen atoms in total. The summed E-state index contributed by atoms with van der Waals surface area (Å²) in [6.45, 7) is 0. The van der Waals surface area contributed by atoms with E-state index in [0.717, 1.165) is 29.4 Å². The number of hydrogen-bond acceptors (Lipinski definition) is 5. The number of amides is 1. The number of aliphatic imine (C=N–C) groups is 1. The second-order valence-electron chi connectivity index (χ2n) is 6.93. The average Bonchev–Trinajstić information content (AvgIpc) is 2.96. The van der Waals surface area contributed by atoms with E-state index in [9.17, 15) is 4.79 Å². The lowest BCUT2D eigenvalue weighted by atomic mass is 9.97. The van der Waals surface area contributed by atoms with Crippen molar-refractivity contribution >= 4 is 29.0 Å². The van der Waals surface area contributed by atoms with E-state index in [4.69, 9.17) is 0 Å². The molecule has 2 aromatic rings. The summed E-state index contributed by atoms with van der Waals surface area (Å²) in [5, 5.41) is 6.26. The minimum atomic E-state index is -0.169. The molecule has 0 atom stereocenters. The topological polar surface area (TPSA) is 79.3 Å². The highest BCUT2D eigenvalue weighted by atomic mass is 16.2. The summed E-state index contributed by atoms with van der Waals surface area (Å²) in [6, 6.07) is 6.13. The Bertz CT molecular complexity index is 865. The Labute approximate surface area is 152 Å². The molecule has 4 rings (SSSR count). The van der Waals surface area contributed by atoms with E-state index in [0.29, 0.717) is 17.7 Å². The highest BCUT2D eigenvalue weighted by Crippen LogP contribution is 2.19. The maximum atomic E-state index is 12.3. The summed E-state index contributed by atoms with van der Waals surface area (Å²) in [7, 11) is 0. The van der Waals surface area contributed by atoms with Gasteiger partial charge in [-0.25, -0.2) is 4.99 Å². The second kappa shape index (κ2) is 7.64. The normalized spacial score (nSPS) is 20.5. The van der Waals surface area contributed by atoms with E-state index in [-0.39, 0.29) is 5.91 Å². The first-order valence-electron chi connectivity index (χ1n) is 9.37. The fraction of sp³-hybridized carbons (Fsp3) is 0.400. The van der Waals surface area contributed by atoms with Crippen LogP contribution >= 0.6 is 0 Å². The van der Waals surface area contributed by atoms with Crippen LogP contribution in [0.1, 0.15) is 50.5 Å². The summed E-state index contributed by atoms with van der Waals surface area (Å²) >= 11 is 0. The van der Waals surface area contributed by atoms with Gasteiger partial charge < -0.3 is 5.32 Å². The second-order valence-corrected chi connectivity index (χ2v) is 6.93. The lowest BCUT2D eigenvalue weighted by Crippen LogP contribution is -2.42. The Hall–Kier alpha value is -2.76. The molecular weight excluding hydrogens is 326 g/mol. The van der Waals surface area contributed by atoms with Gasteiger partial charge in [-0.15, -0.1) is 0 Å². The molecule has 1 saturated carbocycles. The van der Waals surface area contributed by atoms with Crippen molar-refractivity contribution in [2.24, 2.45) is 4.99 Å². The molecule has 0 bridgehead atoms. The van der Waals surface area contributed by atoms with E-state index < -0.39 is 0 Å². The van der Waals surface area contributed by atoms with E-state index in [1.54, 1.807) is 18.5 Å². The number of guanidine groups is 1. The Kier molecular flexibility index (Phi) is 4.91. The molecule has 0 spiro atoms. The molecule has 0 saturated heterocycles. The van der Waals surface area contributed by atoms with Crippen molar-refractivity contribution in [3.8, 4) is 0 Å². The molecule has 1 aromatic carbocycles. The fourth-order valence-corrected chi connectivity index (χ4v) is 3.56. The molecule has 2 aliphatic rings. The molecule has 1 aromatic heterocycles. The monoisotopic (exact) mass is 349 g/mol. The Balaban J connectivity index is 1.50. The summed E-state index contributed by atoms with van der Waals surface area (Å²) in [5.41, 5.74) is 2.94. The number of nitrogens with zero attached hydrogens (tertiary/aromatic N) is 3. The highest BCUT2D eigenvalue weighted by molar-refractivity contribution is 6.13. The third kappa shape index (κ3) is 3.90. The van der Waals surface area contributed by atoms with Crippen LogP contribution in [0.2, 0.25) is 0 Å². The number of fused-ring (bicyclic) bond motifs is 1. The Morgan fingerprint density at radius 3 is 2.54 bits per heavy atom. The lowest BCUT2D eigenvalue weighted by molar-refractivity contribution is -0.115. The van der Waals surface area contributed by atoms with Gasteiger partial charge in [0.05, 0.1) is 11.0 Å². The quantitative estimate of drug-likeness (QED) is 0.816. The van der Waals surface area contributed by atoms with Crippen LogP contribution in [-0.4, -0.2) is 27.9 Å². The van der Waals surface area contributed by atoms with Gasteiger partial charge in [-0.3, -0.25) is 20.1 Å². The SMILES string of the molecule is O=C1NC(NC2CCCCCCC2)=N/C1=C\c1ccc2nccnc2c1. The number of rotatable bonds is 2. The van der Waals surface area contributed by atoms with Crippen molar-refractivity contribution < 1.29 is 4.79 Å². The van der Waals surface area contributed by atoms with Gasteiger partial charge in [-0.1, -0.05) is 38.2 Å². The minimum absolute atomic E-state index is 0.169. The van der Waals surface area contributed by atoms with Crippen LogP contribution in [-0.2, 0) is 4.79 Å². The first-order chi connectivity index (χ1) is 12.8. The van der Waals surface area contributed by atoms with Crippen LogP contribution < -0.4 is 10.6 Å². The van der Waals surface area contributed by atoms with Crippen molar-refractivity contribution in [3.05, 3.63) is 41.9 Å². The largest absolute Gasteiger partial charge is 0.353 e. The molecule has 1 amide bonds. The first kappa shape index (κ1) is 16.7. The van der Waals surface area contributed by atoms with Crippen molar-refractivity contribution in [3.63, 3.8) is 0 Å². The van der Waals surface area contributed by atoms with Crippen LogP contribution in [0.25, 0.3) is 17.1 Å². The number of aromatic nitrogens is 2. The van der Waals surface area contributed by atoms with Crippen LogP contribution in [0.15, 0.2) is 41.3 Å². The van der Waals surface area contributed by atoms with Crippen molar-refractivity contribution in [1.82, 2.24) is 20.6 Å². The summed E-state index contributed by atoms with van der Waals surface area (Å²) < 4.78 is 0. The van der Waals surface area contributed by atoms with E-state index >= 15 is 0 Å². The molecule has 0 radical (unpaired) electrons. The number of hydrogen-bond donors (Lipinski definition) is 2. The maximum Gasteiger partial charge on any atom is 0.276 e. The molecule has 2 N–H and O–H groups in total. The summed E-state index contributed by atoms with van der Waals surface area (Å²) in [5.74, 6) is 0.407. The van der Waals surface area contributed by atoms with Crippen LogP contribution in [0, 0.1) is 0 Å². The summed E-state index contributed by atoms with van der Waals surface area (Å²) in [6.07, 6.45) is 13.8. The zero-order chi connectivity index (χ0) is 17.8. The molecule has 1 aliphatic carbocycles. The minimum Gasteiger partial charge on any atom is -0.353 e. The van der Waals surface area contributed by atoms with Crippen molar-refractivity contribution in [2.75, 3.05) is 0 Å². The maximum absolute atomic E-state index is 12.3. The Morgan fingerprint density at radius 2 is 1.73 bits per heavy atom. The molecule has 2 heterocycles. The summed E-state index contributed by atoms with van der Waals surface area (Å²) in [4.78, 5) is 25.3. The third-order valence-corrected chi connectivity index (χ3v) is 4.94. The first-order valence-corrected chi connectivity index (χ1v) is 9.37. The van der Waals surface area contributed by atoms with Gasteiger partial charge in [0, 0.05) is 18.4 Å². The zero-order valence-electron chi connectivity index (χ0n) is 14.7. The Morgan fingerprint density at radius 1 is 1.00 bits per heavy atom. The lowest BCUT2D eigenvalue weighted by Gasteiger charge is -2.21. The predicted molar refractivity (Wildman–Crippen MR) is 102 cm³/mol. The van der Waals surface area contributed by atoms with E-state index in [1.165, 1.54) is 32.1 Å². The van der Waals surface area contributed by atoms with E-state index in [2.05, 4.69) is 25.6 Å².